The number of nitrogens with zero attached hydrogens (tertiary/aromatic N) is 2. The molecule has 134 valence electrons. The summed E-state index contributed by atoms with van der Waals surface area (Å²) in [7, 11) is 0. The van der Waals surface area contributed by atoms with Gasteiger partial charge in [0.1, 0.15) is 12.3 Å². The standard InChI is InChI=1S/C20H21N3O3/c1-3-26-16-8-6-7-15(11-16)14(2)22-19(24)12-23-13-21-18-10-5-4-9-17(18)20(23)25/h4-11,13-14H,3,12H2,1-2H3,(H,22,24)/t14-/m0/s1. The van der Waals surface area contributed by atoms with Gasteiger partial charge in [0.25, 0.3) is 5.56 Å². The highest BCUT2D eigenvalue weighted by Gasteiger charge is 2.12. The summed E-state index contributed by atoms with van der Waals surface area (Å²) in [5, 5.41) is 3.41. The molecule has 0 fully saturated rings. The maximum atomic E-state index is 12.5. The van der Waals surface area contributed by atoms with E-state index in [4.69, 9.17) is 4.74 Å². The number of ether oxygens (including phenoxy) is 1. The predicted octanol–water partition coefficient (Wildman–Crippen LogP) is 2.67. The minimum atomic E-state index is -0.251. The summed E-state index contributed by atoms with van der Waals surface area (Å²) in [6.07, 6.45) is 1.41. The molecule has 0 saturated heterocycles. The molecule has 1 heterocycles. The van der Waals surface area contributed by atoms with Crippen LogP contribution in [0, 0.1) is 0 Å². The molecule has 1 aromatic heterocycles. The second-order valence-electron chi connectivity index (χ2n) is 5.99. The Hall–Kier alpha value is -3.15. The fourth-order valence-corrected chi connectivity index (χ4v) is 2.78. The molecule has 0 saturated carbocycles. The molecule has 1 N–H and O–H groups in total. The van der Waals surface area contributed by atoms with Crippen LogP contribution in [0.4, 0.5) is 0 Å². The summed E-state index contributed by atoms with van der Waals surface area (Å²) < 4.78 is 6.81. The summed E-state index contributed by atoms with van der Waals surface area (Å²) in [4.78, 5) is 29.1. The van der Waals surface area contributed by atoms with Crippen LogP contribution >= 0.6 is 0 Å². The fraction of sp³-hybridized carbons (Fsp3) is 0.250. The van der Waals surface area contributed by atoms with E-state index >= 15 is 0 Å². The monoisotopic (exact) mass is 351 g/mol. The van der Waals surface area contributed by atoms with Gasteiger partial charge < -0.3 is 10.1 Å². The number of carbonyl (C=O) groups excluding carboxylic acids is 1. The van der Waals surface area contributed by atoms with Crippen molar-refractivity contribution < 1.29 is 9.53 Å². The molecule has 26 heavy (non-hydrogen) atoms. The normalized spacial score (nSPS) is 11.9. The molecule has 1 atom stereocenters. The molecule has 0 aliphatic heterocycles. The van der Waals surface area contributed by atoms with Gasteiger partial charge in [0, 0.05) is 0 Å². The van der Waals surface area contributed by atoms with Gasteiger partial charge in [-0.25, -0.2) is 4.98 Å². The van der Waals surface area contributed by atoms with Crippen molar-refractivity contribution in [1.29, 1.82) is 0 Å². The average molecular weight is 351 g/mol. The van der Waals surface area contributed by atoms with E-state index in [1.165, 1.54) is 10.9 Å². The number of aromatic nitrogens is 2. The van der Waals surface area contributed by atoms with Gasteiger partial charge in [-0.1, -0.05) is 24.3 Å². The maximum Gasteiger partial charge on any atom is 0.261 e. The van der Waals surface area contributed by atoms with Crippen LogP contribution in [0.1, 0.15) is 25.5 Å². The third-order valence-corrected chi connectivity index (χ3v) is 4.09. The second kappa shape index (κ2) is 7.82. The fourth-order valence-electron chi connectivity index (χ4n) is 2.78. The first-order valence-electron chi connectivity index (χ1n) is 8.54. The van der Waals surface area contributed by atoms with Crippen LogP contribution in [0.2, 0.25) is 0 Å². The van der Waals surface area contributed by atoms with Crippen molar-refractivity contribution in [3.05, 3.63) is 70.8 Å². The topological polar surface area (TPSA) is 73.2 Å². The molecule has 3 rings (SSSR count). The number of nitrogens with one attached hydrogen (secondary N) is 1. The minimum absolute atomic E-state index is 0.0772. The van der Waals surface area contributed by atoms with Crippen molar-refractivity contribution in [3.63, 3.8) is 0 Å². The number of hydrogen-bond acceptors (Lipinski definition) is 4. The van der Waals surface area contributed by atoms with Crippen molar-refractivity contribution >= 4 is 16.8 Å². The summed E-state index contributed by atoms with van der Waals surface area (Å²) >= 11 is 0. The van der Waals surface area contributed by atoms with Gasteiger partial charge in [0.05, 0.1) is 29.9 Å². The largest absolute Gasteiger partial charge is 0.494 e. The van der Waals surface area contributed by atoms with Gasteiger partial charge in [0.2, 0.25) is 5.91 Å². The van der Waals surface area contributed by atoms with Crippen LogP contribution in [-0.4, -0.2) is 22.1 Å². The Labute approximate surface area is 151 Å². The van der Waals surface area contributed by atoms with E-state index in [-0.39, 0.29) is 24.1 Å². The van der Waals surface area contributed by atoms with E-state index in [1.54, 1.807) is 18.2 Å². The SMILES string of the molecule is CCOc1cccc([C@H](C)NC(=O)Cn2cnc3ccccc3c2=O)c1. The van der Waals surface area contributed by atoms with Crippen molar-refractivity contribution in [2.75, 3.05) is 6.61 Å². The number of hydrogen-bond donors (Lipinski definition) is 1. The van der Waals surface area contributed by atoms with Gasteiger partial charge >= 0.3 is 0 Å². The Morgan fingerprint density at radius 2 is 2.04 bits per heavy atom. The molecular formula is C20H21N3O3. The third-order valence-electron chi connectivity index (χ3n) is 4.09. The lowest BCUT2D eigenvalue weighted by molar-refractivity contribution is -0.122. The highest BCUT2D eigenvalue weighted by atomic mass is 16.5. The number of para-hydroxylation sites is 1. The number of rotatable bonds is 6. The number of carbonyl (C=O) groups is 1. The highest BCUT2D eigenvalue weighted by molar-refractivity contribution is 5.79. The van der Waals surface area contributed by atoms with E-state index in [9.17, 15) is 9.59 Å². The van der Waals surface area contributed by atoms with Gasteiger partial charge in [-0.05, 0) is 43.7 Å². The molecule has 1 amide bonds. The highest BCUT2D eigenvalue weighted by Crippen LogP contribution is 2.19. The van der Waals surface area contributed by atoms with Gasteiger partial charge in [-0.2, -0.15) is 0 Å². The molecule has 0 unspecified atom stereocenters. The van der Waals surface area contributed by atoms with Crippen LogP contribution < -0.4 is 15.6 Å². The van der Waals surface area contributed by atoms with Crippen molar-refractivity contribution in [2.45, 2.75) is 26.4 Å². The quantitative estimate of drug-likeness (QED) is 0.741. The third kappa shape index (κ3) is 3.91. The summed E-state index contributed by atoms with van der Waals surface area (Å²) in [6, 6.07) is 14.5. The van der Waals surface area contributed by atoms with Crippen molar-refractivity contribution in [3.8, 4) is 5.75 Å². The number of benzene rings is 2. The second-order valence-corrected chi connectivity index (χ2v) is 5.99. The van der Waals surface area contributed by atoms with Crippen LogP contribution in [0.25, 0.3) is 10.9 Å². The Balaban J connectivity index is 1.72. The minimum Gasteiger partial charge on any atom is -0.494 e. The molecule has 2 aromatic carbocycles. The summed E-state index contributed by atoms with van der Waals surface area (Å²) in [6.45, 7) is 4.33. The van der Waals surface area contributed by atoms with Gasteiger partial charge in [-0.15, -0.1) is 0 Å². The predicted molar refractivity (Wildman–Crippen MR) is 100 cm³/mol. The van der Waals surface area contributed by atoms with E-state index in [1.807, 2.05) is 44.2 Å². The smallest absolute Gasteiger partial charge is 0.261 e. The number of fused-ring (bicyclic) bond motifs is 1. The van der Waals surface area contributed by atoms with Crippen molar-refractivity contribution in [2.24, 2.45) is 0 Å². The van der Waals surface area contributed by atoms with Gasteiger partial charge in [0.15, 0.2) is 0 Å². The first kappa shape index (κ1) is 17.7. The Bertz CT molecular complexity index is 981. The lowest BCUT2D eigenvalue weighted by Gasteiger charge is -2.16. The summed E-state index contributed by atoms with van der Waals surface area (Å²) in [5.74, 6) is 0.513. The van der Waals surface area contributed by atoms with E-state index in [0.29, 0.717) is 17.5 Å². The molecule has 0 aliphatic carbocycles. The number of amides is 1. The molecule has 0 bridgehead atoms. The maximum absolute atomic E-state index is 12.5. The lowest BCUT2D eigenvalue weighted by Crippen LogP contribution is -2.34. The molecule has 6 nitrogen and oxygen atoms in total. The zero-order valence-electron chi connectivity index (χ0n) is 14.8. The van der Waals surface area contributed by atoms with Crippen LogP contribution in [0.15, 0.2) is 59.7 Å². The van der Waals surface area contributed by atoms with Gasteiger partial charge in [-0.3, -0.25) is 14.2 Å². The van der Waals surface area contributed by atoms with Crippen molar-refractivity contribution in [1.82, 2.24) is 14.9 Å². The molecule has 0 aliphatic rings. The first-order chi connectivity index (χ1) is 12.6. The zero-order chi connectivity index (χ0) is 18.5. The van der Waals surface area contributed by atoms with E-state index in [2.05, 4.69) is 10.3 Å². The Kier molecular flexibility index (Phi) is 5.31. The average Bonchev–Trinajstić information content (AvgIpc) is 2.65. The molecule has 0 radical (unpaired) electrons. The molecular weight excluding hydrogens is 330 g/mol. The van der Waals surface area contributed by atoms with Crippen LogP contribution in [0.5, 0.6) is 5.75 Å². The summed E-state index contributed by atoms with van der Waals surface area (Å²) in [5.41, 5.74) is 1.33. The molecule has 3 aromatic rings. The van der Waals surface area contributed by atoms with E-state index in [0.717, 1.165) is 11.3 Å². The Morgan fingerprint density at radius 1 is 1.23 bits per heavy atom. The zero-order valence-corrected chi connectivity index (χ0v) is 14.8. The first-order valence-corrected chi connectivity index (χ1v) is 8.54. The van der Waals surface area contributed by atoms with Crippen LogP contribution in [0.3, 0.4) is 0 Å². The molecule has 0 spiro atoms. The molecule has 6 heteroatoms. The lowest BCUT2D eigenvalue weighted by atomic mass is 10.1. The Morgan fingerprint density at radius 3 is 2.85 bits per heavy atom. The van der Waals surface area contributed by atoms with Crippen LogP contribution in [-0.2, 0) is 11.3 Å². The van der Waals surface area contributed by atoms with E-state index < -0.39 is 0 Å².